The van der Waals surface area contributed by atoms with Crippen LogP contribution in [0.25, 0.3) is 0 Å². The van der Waals surface area contributed by atoms with Gasteiger partial charge in [-0.3, -0.25) is 4.79 Å². The number of nitrogens with one attached hydrogen (secondary N) is 1. The highest BCUT2D eigenvalue weighted by Gasteiger charge is 2.24. The molecule has 0 fully saturated rings. The molecular weight excluding hydrogens is 390 g/mol. The molecule has 2 atom stereocenters. The normalized spacial score (nSPS) is 12.7. The molecule has 2 rings (SSSR count). The van der Waals surface area contributed by atoms with Gasteiger partial charge in [0.25, 0.3) is 0 Å². The highest BCUT2D eigenvalue weighted by Crippen LogP contribution is 2.25. The molecule has 0 saturated carbocycles. The number of aliphatic hydroxyl groups is 1. The zero-order chi connectivity index (χ0) is 22.1. The van der Waals surface area contributed by atoms with E-state index in [9.17, 15) is 30.0 Å². The van der Waals surface area contributed by atoms with Crippen LogP contribution >= 0.6 is 0 Å². The minimum atomic E-state index is -0.914. The maximum Gasteiger partial charge on any atom is 0.328 e. The standard InChI is InChI=1S/C22H27NO7/c1-2-30-22(29)19(10-14-3-6-17(25)7-4-14)23-21(28)11-15(13-24)9-16-5-8-18(26)12-20(16)27/h3-8,12,15,19,24-27H,2,9-11,13H2,1H3,(H,23,28)/t15?,19-/m0/s1. The summed E-state index contributed by atoms with van der Waals surface area (Å²) in [5, 5.41) is 41.0. The number of phenols is 3. The van der Waals surface area contributed by atoms with Gasteiger partial charge < -0.3 is 30.5 Å². The first-order chi connectivity index (χ1) is 14.3. The molecule has 0 heterocycles. The number of ether oxygens (including phenoxy) is 1. The van der Waals surface area contributed by atoms with Crippen LogP contribution in [0.4, 0.5) is 0 Å². The largest absolute Gasteiger partial charge is 0.508 e. The van der Waals surface area contributed by atoms with E-state index < -0.39 is 23.8 Å². The third kappa shape index (κ3) is 6.97. The van der Waals surface area contributed by atoms with Crippen LogP contribution in [0.2, 0.25) is 0 Å². The summed E-state index contributed by atoms with van der Waals surface area (Å²) >= 11 is 0. The third-order valence-corrected chi connectivity index (χ3v) is 4.59. The topological polar surface area (TPSA) is 136 Å². The van der Waals surface area contributed by atoms with E-state index in [-0.39, 0.29) is 49.7 Å². The average Bonchev–Trinajstić information content (AvgIpc) is 2.70. The minimum absolute atomic E-state index is 0.0672. The van der Waals surface area contributed by atoms with Gasteiger partial charge in [-0.2, -0.15) is 0 Å². The molecule has 0 aliphatic heterocycles. The van der Waals surface area contributed by atoms with Gasteiger partial charge in [-0.25, -0.2) is 4.79 Å². The number of aromatic hydroxyl groups is 3. The third-order valence-electron chi connectivity index (χ3n) is 4.59. The first kappa shape index (κ1) is 23.0. The Hall–Kier alpha value is -3.26. The van der Waals surface area contributed by atoms with Crippen LogP contribution in [-0.2, 0) is 27.2 Å². The molecule has 162 valence electrons. The second-order valence-corrected chi connectivity index (χ2v) is 7.01. The van der Waals surface area contributed by atoms with Crippen LogP contribution in [0.1, 0.15) is 24.5 Å². The highest BCUT2D eigenvalue weighted by molar-refractivity contribution is 5.84. The number of benzene rings is 2. The highest BCUT2D eigenvalue weighted by atomic mass is 16.5. The van der Waals surface area contributed by atoms with E-state index in [1.54, 1.807) is 19.1 Å². The summed E-state index contributed by atoms with van der Waals surface area (Å²) in [6.45, 7) is 1.54. The van der Waals surface area contributed by atoms with Gasteiger partial charge in [0.15, 0.2) is 0 Å². The summed E-state index contributed by atoms with van der Waals surface area (Å²) in [5.41, 5.74) is 1.23. The lowest BCUT2D eigenvalue weighted by atomic mass is 9.95. The Kier molecular flexibility index (Phi) is 8.49. The maximum atomic E-state index is 12.5. The predicted molar refractivity (Wildman–Crippen MR) is 109 cm³/mol. The van der Waals surface area contributed by atoms with Gasteiger partial charge in [-0.05, 0) is 48.6 Å². The van der Waals surface area contributed by atoms with Crippen molar-refractivity contribution >= 4 is 11.9 Å². The SMILES string of the molecule is CCOC(=O)[C@H](Cc1ccc(O)cc1)NC(=O)CC(CO)Cc1ccc(O)cc1O. The summed E-state index contributed by atoms with van der Waals surface area (Å²) < 4.78 is 5.05. The number of phenolic OH excluding ortho intramolecular Hbond substituents is 3. The van der Waals surface area contributed by atoms with Crippen LogP contribution in [0, 0.1) is 5.92 Å². The van der Waals surface area contributed by atoms with Gasteiger partial charge in [0, 0.05) is 25.5 Å². The lowest BCUT2D eigenvalue weighted by molar-refractivity contribution is -0.147. The van der Waals surface area contributed by atoms with Crippen LogP contribution in [-0.4, -0.2) is 51.6 Å². The fraction of sp³-hybridized carbons (Fsp3) is 0.364. The Morgan fingerprint density at radius 3 is 2.27 bits per heavy atom. The fourth-order valence-corrected chi connectivity index (χ4v) is 3.06. The summed E-state index contributed by atoms with van der Waals surface area (Å²) in [6, 6.07) is 9.50. The van der Waals surface area contributed by atoms with Crippen LogP contribution < -0.4 is 5.32 Å². The number of hydrogen-bond acceptors (Lipinski definition) is 7. The first-order valence-electron chi connectivity index (χ1n) is 9.68. The molecule has 8 nitrogen and oxygen atoms in total. The van der Waals surface area contributed by atoms with Crippen LogP contribution in [0.15, 0.2) is 42.5 Å². The predicted octanol–water partition coefficient (Wildman–Crippen LogP) is 1.64. The molecule has 2 aromatic carbocycles. The number of carbonyl (C=O) groups is 2. The van der Waals surface area contributed by atoms with E-state index in [1.165, 1.54) is 30.3 Å². The number of aliphatic hydroxyl groups excluding tert-OH is 1. The second-order valence-electron chi connectivity index (χ2n) is 7.01. The molecule has 0 spiro atoms. The van der Waals surface area contributed by atoms with E-state index in [0.29, 0.717) is 5.56 Å². The number of carbonyl (C=O) groups excluding carboxylic acids is 2. The fourth-order valence-electron chi connectivity index (χ4n) is 3.06. The zero-order valence-corrected chi connectivity index (χ0v) is 16.7. The van der Waals surface area contributed by atoms with Crippen molar-refractivity contribution in [2.75, 3.05) is 13.2 Å². The van der Waals surface area contributed by atoms with Crippen molar-refractivity contribution in [2.45, 2.75) is 32.2 Å². The van der Waals surface area contributed by atoms with Crippen molar-refractivity contribution in [3.05, 3.63) is 53.6 Å². The monoisotopic (exact) mass is 417 g/mol. The van der Waals surface area contributed by atoms with Crippen molar-refractivity contribution < 1.29 is 34.8 Å². The molecule has 0 saturated heterocycles. The van der Waals surface area contributed by atoms with E-state index in [2.05, 4.69) is 5.32 Å². The quantitative estimate of drug-likeness (QED) is 0.371. The molecule has 0 aliphatic carbocycles. The molecule has 0 bridgehead atoms. The summed E-state index contributed by atoms with van der Waals surface area (Å²) in [4.78, 5) is 24.8. The van der Waals surface area contributed by atoms with E-state index >= 15 is 0 Å². The second kappa shape index (κ2) is 11.1. The number of esters is 1. The molecule has 2 aromatic rings. The smallest absolute Gasteiger partial charge is 0.328 e. The Morgan fingerprint density at radius 1 is 1.00 bits per heavy atom. The molecule has 0 radical (unpaired) electrons. The molecule has 1 amide bonds. The van der Waals surface area contributed by atoms with Crippen LogP contribution in [0.5, 0.6) is 17.2 Å². The van der Waals surface area contributed by atoms with E-state index in [4.69, 9.17) is 4.74 Å². The molecular formula is C22H27NO7. The zero-order valence-electron chi connectivity index (χ0n) is 16.7. The molecule has 0 aromatic heterocycles. The number of amides is 1. The maximum absolute atomic E-state index is 12.5. The van der Waals surface area contributed by atoms with Gasteiger partial charge >= 0.3 is 5.97 Å². The first-order valence-corrected chi connectivity index (χ1v) is 9.68. The van der Waals surface area contributed by atoms with Crippen molar-refractivity contribution in [2.24, 2.45) is 5.92 Å². The lowest BCUT2D eigenvalue weighted by Crippen LogP contribution is -2.44. The van der Waals surface area contributed by atoms with Gasteiger partial charge in [0.2, 0.25) is 5.91 Å². The van der Waals surface area contributed by atoms with Gasteiger partial charge in [0.05, 0.1) is 6.61 Å². The number of hydrogen-bond donors (Lipinski definition) is 5. The van der Waals surface area contributed by atoms with Gasteiger partial charge in [-0.15, -0.1) is 0 Å². The molecule has 1 unspecified atom stereocenters. The van der Waals surface area contributed by atoms with Gasteiger partial charge in [0.1, 0.15) is 23.3 Å². The molecule has 30 heavy (non-hydrogen) atoms. The molecule has 0 aliphatic rings. The van der Waals surface area contributed by atoms with Crippen LogP contribution in [0.3, 0.4) is 0 Å². The van der Waals surface area contributed by atoms with Crippen molar-refractivity contribution in [3.63, 3.8) is 0 Å². The number of rotatable bonds is 10. The Balaban J connectivity index is 2.03. The Labute approximate surface area is 174 Å². The summed E-state index contributed by atoms with van der Waals surface area (Å²) in [7, 11) is 0. The Bertz CT molecular complexity index is 851. The van der Waals surface area contributed by atoms with E-state index in [0.717, 1.165) is 5.56 Å². The van der Waals surface area contributed by atoms with E-state index in [1.807, 2.05) is 0 Å². The van der Waals surface area contributed by atoms with Gasteiger partial charge in [-0.1, -0.05) is 18.2 Å². The van der Waals surface area contributed by atoms with Crippen molar-refractivity contribution in [3.8, 4) is 17.2 Å². The minimum Gasteiger partial charge on any atom is -0.508 e. The molecule has 5 N–H and O–H groups in total. The summed E-state index contributed by atoms with van der Waals surface area (Å²) in [5.74, 6) is -1.61. The summed E-state index contributed by atoms with van der Waals surface area (Å²) in [6.07, 6.45) is 0.341. The molecule has 8 heteroatoms. The van der Waals surface area contributed by atoms with Crippen molar-refractivity contribution in [1.29, 1.82) is 0 Å². The average molecular weight is 417 g/mol. The Morgan fingerprint density at radius 2 is 1.67 bits per heavy atom. The lowest BCUT2D eigenvalue weighted by Gasteiger charge is -2.20. The van der Waals surface area contributed by atoms with Crippen molar-refractivity contribution in [1.82, 2.24) is 5.32 Å².